The summed E-state index contributed by atoms with van der Waals surface area (Å²) in [5.41, 5.74) is 2.29. The largest absolute Gasteiger partial charge is 0.363 e. The second-order valence-electron chi connectivity index (χ2n) is 6.72. The van der Waals surface area contributed by atoms with Gasteiger partial charge in [-0.1, -0.05) is 59.8 Å². The Hall–Kier alpha value is -1.37. The molecule has 25 heavy (non-hydrogen) atoms. The summed E-state index contributed by atoms with van der Waals surface area (Å²) in [4.78, 5) is 1.20. The van der Waals surface area contributed by atoms with E-state index < -0.39 is 0 Å². The summed E-state index contributed by atoms with van der Waals surface area (Å²) in [7, 11) is 0. The first kappa shape index (κ1) is 15.9. The van der Waals surface area contributed by atoms with Gasteiger partial charge in [0.1, 0.15) is 29.9 Å². The summed E-state index contributed by atoms with van der Waals surface area (Å²) < 4.78 is 24.2. The number of thioether (sulfide) groups is 1. The molecule has 6 atom stereocenters. The molecule has 0 N–H and O–H groups in total. The highest BCUT2D eigenvalue weighted by Crippen LogP contribution is 2.47. The quantitative estimate of drug-likeness (QED) is 0.785. The lowest BCUT2D eigenvalue weighted by molar-refractivity contribution is -0.276. The summed E-state index contributed by atoms with van der Waals surface area (Å²) in [6, 6.07) is 18.5. The first-order valence-corrected chi connectivity index (χ1v) is 9.52. The highest BCUT2D eigenvalue weighted by atomic mass is 32.2. The van der Waals surface area contributed by atoms with Crippen LogP contribution in [0.4, 0.5) is 0 Å². The number of ether oxygens (including phenoxy) is 4. The number of rotatable bonds is 3. The Morgan fingerprint density at radius 3 is 2.44 bits per heavy atom. The molecular weight excluding hydrogens is 336 g/mol. The molecule has 0 aromatic heterocycles. The van der Waals surface area contributed by atoms with E-state index in [1.165, 1.54) is 10.5 Å². The van der Waals surface area contributed by atoms with Crippen LogP contribution in [-0.2, 0) is 18.9 Å². The van der Waals surface area contributed by atoms with Crippen LogP contribution in [0.25, 0.3) is 0 Å². The molecule has 5 rings (SSSR count). The van der Waals surface area contributed by atoms with Crippen molar-refractivity contribution in [3.8, 4) is 0 Å². The molecule has 3 heterocycles. The molecule has 3 aliphatic heterocycles. The third kappa shape index (κ3) is 3.11. The standard InChI is InChI=1S/C20H20O4S/c1-12-7-9-14(10-8-12)25-20-18-17(23-18)16-15(22-20)11-21-19(24-16)13-5-3-2-4-6-13/h2-10,15-20H,11H2,1H3. The van der Waals surface area contributed by atoms with Crippen LogP contribution in [0.5, 0.6) is 0 Å². The van der Waals surface area contributed by atoms with Crippen molar-refractivity contribution in [2.45, 2.75) is 48.0 Å². The monoisotopic (exact) mass is 356 g/mol. The fraction of sp³-hybridized carbons (Fsp3) is 0.400. The zero-order chi connectivity index (χ0) is 16.8. The van der Waals surface area contributed by atoms with Crippen molar-refractivity contribution in [1.82, 2.24) is 0 Å². The van der Waals surface area contributed by atoms with E-state index in [1.807, 2.05) is 30.3 Å². The summed E-state index contributed by atoms with van der Waals surface area (Å²) in [5.74, 6) is 0. The lowest BCUT2D eigenvalue weighted by atomic mass is 10.0. The first-order valence-electron chi connectivity index (χ1n) is 8.64. The van der Waals surface area contributed by atoms with Gasteiger partial charge in [0.15, 0.2) is 6.29 Å². The molecule has 0 aliphatic carbocycles. The van der Waals surface area contributed by atoms with Crippen LogP contribution in [0.1, 0.15) is 17.4 Å². The average molecular weight is 356 g/mol. The second kappa shape index (κ2) is 6.41. The highest BCUT2D eigenvalue weighted by Gasteiger charge is 2.60. The molecule has 0 bridgehead atoms. The fourth-order valence-corrected chi connectivity index (χ4v) is 4.57. The van der Waals surface area contributed by atoms with Crippen molar-refractivity contribution in [2.24, 2.45) is 0 Å². The average Bonchev–Trinajstić information content (AvgIpc) is 3.46. The summed E-state index contributed by atoms with van der Waals surface area (Å²) in [6.07, 6.45) is -0.262. The van der Waals surface area contributed by atoms with Crippen LogP contribution in [0.15, 0.2) is 59.5 Å². The van der Waals surface area contributed by atoms with Gasteiger partial charge in [0.05, 0.1) is 6.61 Å². The molecule has 2 aromatic rings. The van der Waals surface area contributed by atoms with E-state index in [9.17, 15) is 0 Å². The van der Waals surface area contributed by atoms with E-state index in [1.54, 1.807) is 11.8 Å². The van der Waals surface area contributed by atoms with Crippen LogP contribution in [-0.4, -0.2) is 36.5 Å². The maximum atomic E-state index is 6.25. The van der Waals surface area contributed by atoms with Crippen molar-refractivity contribution in [1.29, 1.82) is 0 Å². The molecular formula is C20H20O4S. The van der Waals surface area contributed by atoms with Gasteiger partial charge in [0.2, 0.25) is 0 Å². The zero-order valence-corrected chi connectivity index (χ0v) is 14.7. The van der Waals surface area contributed by atoms with Crippen LogP contribution in [0, 0.1) is 6.92 Å². The van der Waals surface area contributed by atoms with Crippen LogP contribution >= 0.6 is 11.8 Å². The van der Waals surface area contributed by atoms with Crippen LogP contribution in [0.2, 0.25) is 0 Å². The maximum Gasteiger partial charge on any atom is 0.184 e. The summed E-state index contributed by atoms with van der Waals surface area (Å²) >= 11 is 1.72. The third-order valence-corrected chi connectivity index (χ3v) is 6.02. The lowest BCUT2D eigenvalue weighted by Gasteiger charge is -2.39. The Balaban J connectivity index is 1.26. The van der Waals surface area contributed by atoms with Gasteiger partial charge in [-0.3, -0.25) is 0 Å². The second-order valence-corrected chi connectivity index (χ2v) is 7.89. The molecule has 5 heteroatoms. The Labute approximate surface area is 151 Å². The summed E-state index contributed by atoms with van der Waals surface area (Å²) in [5, 5.41) is 0. The molecule has 6 unspecified atom stereocenters. The van der Waals surface area contributed by atoms with E-state index >= 15 is 0 Å². The molecule has 3 aliphatic rings. The molecule has 0 spiro atoms. The van der Waals surface area contributed by atoms with Crippen molar-refractivity contribution in [3.63, 3.8) is 0 Å². The molecule has 130 valence electrons. The van der Waals surface area contributed by atoms with Crippen molar-refractivity contribution in [3.05, 3.63) is 65.7 Å². The first-order chi connectivity index (χ1) is 12.3. The molecule has 0 radical (unpaired) electrons. The van der Waals surface area contributed by atoms with Crippen molar-refractivity contribution >= 4 is 11.8 Å². The van der Waals surface area contributed by atoms with E-state index in [4.69, 9.17) is 18.9 Å². The van der Waals surface area contributed by atoms with Crippen molar-refractivity contribution in [2.75, 3.05) is 6.61 Å². The van der Waals surface area contributed by atoms with E-state index in [0.29, 0.717) is 6.61 Å². The molecule has 0 saturated carbocycles. The molecule has 4 nitrogen and oxygen atoms in total. The van der Waals surface area contributed by atoms with Gasteiger partial charge in [-0.05, 0) is 19.1 Å². The number of fused-ring (bicyclic) bond motifs is 3. The zero-order valence-electron chi connectivity index (χ0n) is 13.9. The molecule has 3 saturated heterocycles. The summed E-state index contributed by atoms with van der Waals surface area (Å²) in [6.45, 7) is 2.62. The van der Waals surface area contributed by atoms with E-state index in [0.717, 1.165) is 5.56 Å². The Morgan fingerprint density at radius 2 is 1.64 bits per heavy atom. The minimum atomic E-state index is -0.336. The minimum absolute atomic E-state index is 0.00516. The van der Waals surface area contributed by atoms with Crippen molar-refractivity contribution < 1.29 is 18.9 Å². The Morgan fingerprint density at radius 1 is 0.840 bits per heavy atom. The number of hydrogen-bond donors (Lipinski definition) is 0. The van der Waals surface area contributed by atoms with Gasteiger partial charge < -0.3 is 18.9 Å². The Bertz CT molecular complexity index is 735. The topological polar surface area (TPSA) is 40.2 Å². The number of hydrogen-bond acceptors (Lipinski definition) is 5. The van der Waals surface area contributed by atoms with Crippen LogP contribution < -0.4 is 0 Å². The van der Waals surface area contributed by atoms with Gasteiger partial charge in [-0.25, -0.2) is 0 Å². The Kier molecular flexibility index (Phi) is 4.07. The molecule has 3 fully saturated rings. The lowest BCUT2D eigenvalue weighted by Crippen LogP contribution is -2.51. The van der Waals surface area contributed by atoms with E-state index in [2.05, 4.69) is 31.2 Å². The number of epoxide rings is 1. The normalized spacial score (nSPS) is 36.4. The molecule has 0 amide bonds. The molecule has 2 aromatic carbocycles. The van der Waals surface area contributed by atoms with Crippen LogP contribution in [0.3, 0.4) is 0 Å². The highest BCUT2D eigenvalue weighted by molar-refractivity contribution is 7.99. The van der Waals surface area contributed by atoms with E-state index in [-0.39, 0.29) is 36.1 Å². The van der Waals surface area contributed by atoms with Gasteiger partial charge in [0.25, 0.3) is 0 Å². The van der Waals surface area contributed by atoms with Gasteiger partial charge in [0, 0.05) is 10.5 Å². The predicted octanol–water partition coefficient (Wildman–Crippen LogP) is 3.69. The maximum absolute atomic E-state index is 6.25. The van der Waals surface area contributed by atoms with Gasteiger partial charge >= 0.3 is 0 Å². The minimum Gasteiger partial charge on any atom is -0.363 e. The fourth-order valence-electron chi connectivity index (χ4n) is 3.45. The van der Waals surface area contributed by atoms with Gasteiger partial charge in [-0.2, -0.15) is 0 Å². The SMILES string of the molecule is Cc1ccc(SC2OC3COC(c4ccccc4)OC3C3OC23)cc1. The smallest absolute Gasteiger partial charge is 0.184 e. The predicted molar refractivity (Wildman–Crippen MR) is 94.4 cm³/mol. The third-order valence-electron chi connectivity index (χ3n) is 4.87. The number of aryl methyl sites for hydroxylation is 1. The number of benzene rings is 2. The van der Waals surface area contributed by atoms with Gasteiger partial charge in [-0.15, -0.1) is 0 Å².